The van der Waals surface area contributed by atoms with Crippen molar-refractivity contribution in [3.8, 4) is 0 Å². The number of para-hydroxylation sites is 1. The standard InChI is InChI=1S/C15H24N2O2/c1-4-13-7-5-6-8-14(13)17-15(18)11-12(2)16-9-10-19-3/h5-8,12,16H,4,9-11H2,1-3H3,(H,17,18). The molecule has 0 fully saturated rings. The maximum Gasteiger partial charge on any atom is 0.225 e. The second kappa shape index (κ2) is 8.67. The molecule has 0 aliphatic rings. The van der Waals surface area contributed by atoms with Gasteiger partial charge in [-0.05, 0) is 25.0 Å². The van der Waals surface area contributed by atoms with E-state index in [0.29, 0.717) is 13.0 Å². The van der Waals surface area contributed by atoms with E-state index in [4.69, 9.17) is 4.74 Å². The van der Waals surface area contributed by atoms with Crippen LogP contribution in [-0.4, -0.2) is 32.2 Å². The van der Waals surface area contributed by atoms with Gasteiger partial charge in [0.25, 0.3) is 0 Å². The summed E-state index contributed by atoms with van der Waals surface area (Å²) in [5, 5.41) is 6.22. The first-order valence-electron chi connectivity index (χ1n) is 6.77. The van der Waals surface area contributed by atoms with Crippen molar-refractivity contribution < 1.29 is 9.53 Å². The highest BCUT2D eigenvalue weighted by Gasteiger charge is 2.10. The highest BCUT2D eigenvalue weighted by atomic mass is 16.5. The minimum atomic E-state index is 0.0401. The lowest BCUT2D eigenvalue weighted by molar-refractivity contribution is -0.116. The first-order valence-corrected chi connectivity index (χ1v) is 6.77. The third-order valence-corrected chi connectivity index (χ3v) is 2.96. The molecule has 1 atom stereocenters. The Balaban J connectivity index is 2.42. The fraction of sp³-hybridized carbons (Fsp3) is 0.533. The molecule has 0 heterocycles. The Labute approximate surface area is 115 Å². The van der Waals surface area contributed by atoms with E-state index in [2.05, 4.69) is 17.6 Å². The molecule has 1 aromatic rings. The molecule has 4 nitrogen and oxygen atoms in total. The van der Waals surface area contributed by atoms with E-state index in [1.807, 2.05) is 31.2 Å². The molecule has 1 rings (SSSR count). The average molecular weight is 264 g/mol. The van der Waals surface area contributed by atoms with E-state index in [1.54, 1.807) is 7.11 Å². The van der Waals surface area contributed by atoms with Crippen molar-refractivity contribution in [3.63, 3.8) is 0 Å². The number of carbonyl (C=O) groups is 1. The van der Waals surface area contributed by atoms with Crippen molar-refractivity contribution in [2.45, 2.75) is 32.7 Å². The molecule has 0 radical (unpaired) electrons. The molecule has 4 heteroatoms. The van der Waals surface area contributed by atoms with Crippen LogP contribution in [0.4, 0.5) is 5.69 Å². The molecule has 1 amide bonds. The van der Waals surface area contributed by atoms with Crippen LogP contribution in [0.1, 0.15) is 25.8 Å². The van der Waals surface area contributed by atoms with Crippen LogP contribution in [0.25, 0.3) is 0 Å². The molecule has 0 aromatic heterocycles. The Morgan fingerprint density at radius 1 is 1.37 bits per heavy atom. The molecule has 1 unspecified atom stereocenters. The molecule has 0 saturated carbocycles. The highest BCUT2D eigenvalue weighted by molar-refractivity contribution is 5.91. The van der Waals surface area contributed by atoms with Crippen molar-refractivity contribution in [1.82, 2.24) is 5.32 Å². The van der Waals surface area contributed by atoms with Crippen LogP contribution >= 0.6 is 0 Å². The average Bonchev–Trinajstić information content (AvgIpc) is 2.39. The lowest BCUT2D eigenvalue weighted by Crippen LogP contribution is -2.32. The van der Waals surface area contributed by atoms with Gasteiger partial charge in [-0.15, -0.1) is 0 Å². The quantitative estimate of drug-likeness (QED) is 0.708. The summed E-state index contributed by atoms with van der Waals surface area (Å²) in [5.41, 5.74) is 2.08. The molecule has 1 aromatic carbocycles. The van der Waals surface area contributed by atoms with Crippen LogP contribution in [0.2, 0.25) is 0 Å². The lowest BCUT2D eigenvalue weighted by atomic mass is 10.1. The Morgan fingerprint density at radius 2 is 2.11 bits per heavy atom. The smallest absolute Gasteiger partial charge is 0.225 e. The Hall–Kier alpha value is -1.39. The van der Waals surface area contributed by atoms with Crippen molar-refractivity contribution in [2.75, 3.05) is 25.6 Å². The predicted octanol–water partition coefficient (Wildman–Crippen LogP) is 2.20. The number of amides is 1. The summed E-state index contributed by atoms with van der Waals surface area (Å²) in [7, 11) is 1.67. The molecule has 0 bridgehead atoms. The van der Waals surface area contributed by atoms with Crippen LogP contribution in [0, 0.1) is 0 Å². The Bertz CT molecular complexity index is 393. The number of methoxy groups -OCH3 is 1. The van der Waals surface area contributed by atoms with Gasteiger partial charge >= 0.3 is 0 Å². The Morgan fingerprint density at radius 3 is 2.79 bits per heavy atom. The second-order valence-electron chi connectivity index (χ2n) is 4.61. The number of nitrogens with one attached hydrogen (secondary N) is 2. The summed E-state index contributed by atoms with van der Waals surface area (Å²) in [4.78, 5) is 11.9. The summed E-state index contributed by atoms with van der Waals surface area (Å²) in [6, 6.07) is 8.05. The third kappa shape index (κ3) is 5.85. The number of rotatable bonds is 8. The molecule has 2 N–H and O–H groups in total. The van der Waals surface area contributed by atoms with E-state index < -0.39 is 0 Å². The first kappa shape index (κ1) is 15.7. The van der Waals surface area contributed by atoms with Gasteiger partial charge in [-0.25, -0.2) is 0 Å². The SMILES string of the molecule is CCc1ccccc1NC(=O)CC(C)NCCOC. The zero-order valence-corrected chi connectivity index (χ0v) is 12.0. The van der Waals surface area contributed by atoms with Crippen molar-refractivity contribution in [2.24, 2.45) is 0 Å². The van der Waals surface area contributed by atoms with Gasteiger partial charge in [0.1, 0.15) is 0 Å². The molecule has 19 heavy (non-hydrogen) atoms. The van der Waals surface area contributed by atoms with E-state index in [9.17, 15) is 4.79 Å². The summed E-state index contributed by atoms with van der Waals surface area (Å²) in [6.07, 6.45) is 1.37. The van der Waals surface area contributed by atoms with Gasteiger partial charge in [0.2, 0.25) is 5.91 Å². The summed E-state index contributed by atoms with van der Waals surface area (Å²) in [6.45, 7) is 5.50. The number of carbonyl (C=O) groups excluding carboxylic acids is 1. The summed E-state index contributed by atoms with van der Waals surface area (Å²) in [5.74, 6) is 0.0401. The number of ether oxygens (including phenoxy) is 1. The van der Waals surface area contributed by atoms with Crippen LogP contribution in [0.15, 0.2) is 24.3 Å². The molecule has 0 aliphatic heterocycles. The molecule has 0 aliphatic carbocycles. The Kier molecular flexibility index (Phi) is 7.15. The predicted molar refractivity (Wildman–Crippen MR) is 78.4 cm³/mol. The molecule has 0 spiro atoms. The zero-order valence-electron chi connectivity index (χ0n) is 12.0. The highest BCUT2D eigenvalue weighted by Crippen LogP contribution is 2.15. The number of benzene rings is 1. The molecule has 0 saturated heterocycles. The zero-order chi connectivity index (χ0) is 14.1. The lowest BCUT2D eigenvalue weighted by Gasteiger charge is -2.14. The van der Waals surface area contributed by atoms with Gasteiger partial charge in [0.05, 0.1) is 6.61 Å². The minimum Gasteiger partial charge on any atom is -0.383 e. The monoisotopic (exact) mass is 264 g/mol. The fourth-order valence-electron chi connectivity index (χ4n) is 1.91. The fourth-order valence-corrected chi connectivity index (χ4v) is 1.91. The van der Waals surface area contributed by atoms with Gasteiger partial charge in [-0.2, -0.15) is 0 Å². The maximum atomic E-state index is 11.9. The van der Waals surface area contributed by atoms with E-state index in [0.717, 1.165) is 24.2 Å². The van der Waals surface area contributed by atoms with Crippen LogP contribution < -0.4 is 10.6 Å². The number of anilines is 1. The largest absolute Gasteiger partial charge is 0.383 e. The van der Waals surface area contributed by atoms with Gasteiger partial charge < -0.3 is 15.4 Å². The van der Waals surface area contributed by atoms with E-state index in [1.165, 1.54) is 0 Å². The van der Waals surface area contributed by atoms with Crippen LogP contribution in [0.3, 0.4) is 0 Å². The normalized spacial score (nSPS) is 12.2. The topological polar surface area (TPSA) is 50.4 Å². The van der Waals surface area contributed by atoms with Crippen LogP contribution in [0.5, 0.6) is 0 Å². The third-order valence-electron chi connectivity index (χ3n) is 2.96. The van der Waals surface area contributed by atoms with Crippen molar-refractivity contribution in [1.29, 1.82) is 0 Å². The minimum absolute atomic E-state index is 0.0401. The number of aryl methyl sites for hydroxylation is 1. The van der Waals surface area contributed by atoms with Crippen LogP contribution in [-0.2, 0) is 16.0 Å². The van der Waals surface area contributed by atoms with E-state index in [-0.39, 0.29) is 11.9 Å². The number of hydrogen-bond donors (Lipinski definition) is 2. The van der Waals surface area contributed by atoms with Gasteiger partial charge in [0, 0.05) is 31.8 Å². The maximum absolute atomic E-state index is 11.9. The van der Waals surface area contributed by atoms with Crippen molar-refractivity contribution >= 4 is 11.6 Å². The van der Waals surface area contributed by atoms with E-state index >= 15 is 0 Å². The van der Waals surface area contributed by atoms with Gasteiger partial charge in [-0.3, -0.25) is 4.79 Å². The summed E-state index contributed by atoms with van der Waals surface area (Å²) < 4.78 is 4.96. The van der Waals surface area contributed by atoms with Gasteiger partial charge in [0.15, 0.2) is 0 Å². The number of hydrogen-bond acceptors (Lipinski definition) is 3. The second-order valence-corrected chi connectivity index (χ2v) is 4.61. The van der Waals surface area contributed by atoms with Crippen molar-refractivity contribution in [3.05, 3.63) is 29.8 Å². The molecular weight excluding hydrogens is 240 g/mol. The molecule has 106 valence electrons. The first-order chi connectivity index (χ1) is 9.17. The summed E-state index contributed by atoms with van der Waals surface area (Å²) >= 11 is 0. The van der Waals surface area contributed by atoms with Gasteiger partial charge in [-0.1, -0.05) is 25.1 Å². The molecular formula is C15H24N2O2.